The lowest BCUT2D eigenvalue weighted by molar-refractivity contribution is -0.125. The van der Waals surface area contributed by atoms with Gasteiger partial charge in [0.25, 0.3) is 5.91 Å². The number of para-hydroxylation sites is 1. The Kier molecular flexibility index (Phi) is 6.78. The van der Waals surface area contributed by atoms with Crippen molar-refractivity contribution in [2.45, 2.75) is 33.2 Å². The molecule has 0 aromatic heterocycles. The van der Waals surface area contributed by atoms with Gasteiger partial charge in [-0.15, -0.1) is 0 Å². The third kappa shape index (κ3) is 5.34. The highest BCUT2D eigenvalue weighted by atomic mass is 16.5. The van der Waals surface area contributed by atoms with Crippen LogP contribution >= 0.6 is 0 Å². The molecule has 0 fully saturated rings. The molecule has 2 rings (SSSR count). The van der Waals surface area contributed by atoms with E-state index in [0.717, 1.165) is 17.5 Å². The summed E-state index contributed by atoms with van der Waals surface area (Å²) in [7, 11) is 0. The number of esters is 1. The van der Waals surface area contributed by atoms with E-state index >= 15 is 0 Å². The fourth-order valence-corrected chi connectivity index (χ4v) is 2.74. The van der Waals surface area contributed by atoms with E-state index in [1.54, 1.807) is 12.1 Å². The maximum atomic E-state index is 12.3. The van der Waals surface area contributed by atoms with Crippen LogP contribution in [0.4, 0.5) is 5.69 Å². The first kappa shape index (κ1) is 19.5. The Morgan fingerprint density at radius 2 is 1.77 bits per heavy atom. The minimum atomic E-state index is -0.596. The van der Waals surface area contributed by atoms with E-state index < -0.39 is 5.97 Å². The summed E-state index contributed by atoms with van der Waals surface area (Å²) in [6.07, 6.45) is 0.800. The fraction of sp³-hybridized carbons (Fsp3) is 0.333. The van der Waals surface area contributed by atoms with Crippen LogP contribution in [0.15, 0.2) is 48.5 Å². The largest absolute Gasteiger partial charge is 0.452 e. The monoisotopic (exact) mass is 354 g/mol. The molecule has 0 bridgehead atoms. The number of benzene rings is 2. The van der Waals surface area contributed by atoms with Crippen molar-refractivity contribution >= 4 is 17.6 Å². The van der Waals surface area contributed by atoms with Gasteiger partial charge < -0.3 is 15.8 Å². The molecule has 5 nitrogen and oxygen atoms in total. The molecule has 138 valence electrons. The zero-order valence-corrected chi connectivity index (χ0v) is 15.5. The Balaban J connectivity index is 1.97. The molecule has 2 aromatic carbocycles. The van der Waals surface area contributed by atoms with Gasteiger partial charge in [0.1, 0.15) is 0 Å². The molecule has 2 aromatic rings. The van der Waals surface area contributed by atoms with Gasteiger partial charge in [-0.1, -0.05) is 56.3 Å². The standard InChI is InChI=1S/C21H26N2O3/c1-14(2)12-18(16-9-5-4-6-10-16)23-19(24)13-26-21(25)17-11-7-8-15(3)20(17)22/h4-11,14,18H,12-13,22H2,1-3H3,(H,23,24)/t18-/m0/s1. The molecule has 3 N–H and O–H groups in total. The summed E-state index contributed by atoms with van der Waals surface area (Å²) >= 11 is 0. The summed E-state index contributed by atoms with van der Waals surface area (Å²) in [5.41, 5.74) is 8.38. The van der Waals surface area contributed by atoms with Crippen LogP contribution in [0.5, 0.6) is 0 Å². The Labute approximate surface area is 154 Å². The van der Waals surface area contributed by atoms with Crippen LogP contribution < -0.4 is 11.1 Å². The van der Waals surface area contributed by atoms with Crippen molar-refractivity contribution in [3.05, 3.63) is 65.2 Å². The zero-order chi connectivity index (χ0) is 19.1. The lowest BCUT2D eigenvalue weighted by Crippen LogP contribution is -2.33. The highest BCUT2D eigenvalue weighted by Gasteiger charge is 2.18. The number of nitrogen functional groups attached to an aromatic ring is 1. The number of carbonyl (C=O) groups excluding carboxylic acids is 2. The lowest BCUT2D eigenvalue weighted by atomic mass is 9.97. The molecular formula is C21H26N2O3. The number of hydrogen-bond acceptors (Lipinski definition) is 4. The highest BCUT2D eigenvalue weighted by molar-refractivity contribution is 5.96. The van der Waals surface area contributed by atoms with Gasteiger partial charge in [-0.25, -0.2) is 4.79 Å². The first-order chi connectivity index (χ1) is 12.4. The average molecular weight is 354 g/mol. The van der Waals surface area contributed by atoms with E-state index in [9.17, 15) is 9.59 Å². The molecule has 0 unspecified atom stereocenters. The van der Waals surface area contributed by atoms with Gasteiger partial charge in [0.2, 0.25) is 0 Å². The number of carbonyl (C=O) groups is 2. The van der Waals surface area contributed by atoms with Crippen molar-refractivity contribution in [1.29, 1.82) is 0 Å². The third-order valence-corrected chi connectivity index (χ3v) is 4.12. The molecule has 0 saturated carbocycles. The van der Waals surface area contributed by atoms with Crippen molar-refractivity contribution in [1.82, 2.24) is 5.32 Å². The van der Waals surface area contributed by atoms with E-state index in [4.69, 9.17) is 10.5 Å². The smallest absolute Gasteiger partial charge is 0.340 e. The van der Waals surface area contributed by atoms with Gasteiger partial charge in [-0.2, -0.15) is 0 Å². The summed E-state index contributed by atoms with van der Waals surface area (Å²) in [5.74, 6) is -0.518. The number of amides is 1. The first-order valence-corrected chi connectivity index (χ1v) is 8.75. The predicted octanol–water partition coefficient (Wildman–Crippen LogP) is 3.64. The molecular weight excluding hydrogens is 328 g/mol. The molecule has 5 heteroatoms. The van der Waals surface area contributed by atoms with Crippen molar-refractivity contribution < 1.29 is 14.3 Å². The van der Waals surface area contributed by atoms with Gasteiger partial charge in [0.15, 0.2) is 6.61 Å². The maximum absolute atomic E-state index is 12.3. The normalized spacial score (nSPS) is 11.8. The van der Waals surface area contributed by atoms with E-state index in [-0.39, 0.29) is 24.1 Å². The molecule has 0 aliphatic heterocycles. The highest BCUT2D eigenvalue weighted by Crippen LogP contribution is 2.21. The number of ether oxygens (including phenoxy) is 1. The zero-order valence-electron chi connectivity index (χ0n) is 15.5. The second-order valence-electron chi connectivity index (χ2n) is 6.77. The molecule has 26 heavy (non-hydrogen) atoms. The van der Waals surface area contributed by atoms with E-state index in [2.05, 4.69) is 19.2 Å². The summed E-state index contributed by atoms with van der Waals surface area (Å²) in [4.78, 5) is 24.4. The number of rotatable bonds is 7. The van der Waals surface area contributed by atoms with Gasteiger partial charge in [0, 0.05) is 5.69 Å². The molecule has 1 atom stereocenters. The lowest BCUT2D eigenvalue weighted by Gasteiger charge is -2.21. The summed E-state index contributed by atoms with van der Waals surface area (Å²) in [6, 6.07) is 14.8. The van der Waals surface area contributed by atoms with Crippen molar-refractivity contribution in [3.8, 4) is 0 Å². The van der Waals surface area contributed by atoms with Crippen LogP contribution in [0.3, 0.4) is 0 Å². The first-order valence-electron chi connectivity index (χ1n) is 8.75. The second kappa shape index (κ2) is 9.04. The minimum absolute atomic E-state index is 0.119. The summed E-state index contributed by atoms with van der Waals surface area (Å²) in [6.45, 7) is 5.67. The number of aryl methyl sites for hydroxylation is 1. The molecule has 0 radical (unpaired) electrons. The molecule has 0 saturated heterocycles. The Morgan fingerprint density at radius 1 is 1.08 bits per heavy atom. The van der Waals surface area contributed by atoms with Gasteiger partial charge >= 0.3 is 5.97 Å². The minimum Gasteiger partial charge on any atom is -0.452 e. The molecule has 0 aliphatic carbocycles. The number of anilines is 1. The van der Waals surface area contributed by atoms with E-state index in [0.29, 0.717) is 11.6 Å². The topological polar surface area (TPSA) is 81.4 Å². The number of nitrogens with two attached hydrogens (primary N) is 1. The van der Waals surface area contributed by atoms with Gasteiger partial charge in [-0.05, 0) is 36.5 Å². The number of nitrogens with one attached hydrogen (secondary N) is 1. The third-order valence-electron chi connectivity index (χ3n) is 4.12. The number of hydrogen-bond donors (Lipinski definition) is 2. The van der Waals surface area contributed by atoms with Gasteiger partial charge in [-0.3, -0.25) is 4.79 Å². The predicted molar refractivity (Wildman–Crippen MR) is 103 cm³/mol. The Bertz CT molecular complexity index is 757. The van der Waals surface area contributed by atoms with Crippen LogP contribution in [0.25, 0.3) is 0 Å². The molecule has 0 aliphatic rings. The maximum Gasteiger partial charge on any atom is 0.340 e. The van der Waals surface area contributed by atoms with Crippen LogP contribution in [-0.4, -0.2) is 18.5 Å². The van der Waals surface area contributed by atoms with Crippen molar-refractivity contribution in [2.75, 3.05) is 12.3 Å². The second-order valence-corrected chi connectivity index (χ2v) is 6.77. The Morgan fingerprint density at radius 3 is 2.42 bits per heavy atom. The SMILES string of the molecule is Cc1cccc(C(=O)OCC(=O)N[C@@H](CC(C)C)c2ccccc2)c1N. The van der Waals surface area contributed by atoms with Crippen molar-refractivity contribution in [3.63, 3.8) is 0 Å². The van der Waals surface area contributed by atoms with Crippen LogP contribution in [0.1, 0.15) is 47.8 Å². The fourth-order valence-electron chi connectivity index (χ4n) is 2.74. The summed E-state index contributed by atoms with van der Waals surface area (Å²) in [5, 5.41) is 2.95. The Hall–Kier alpha value is -2.82. The quantitative estimate of drug-likeness (QED) is 0.587. The molecule has 0 spiro atoms. The van der Waals surface area contributed by atoms with E-state index in [1.165, 1.54) is 0 Å². The molecule has 1 amide bonds. The van der Waals surface area contributed by atoms with Crippen LogP contribution in [-0.2, 0) is 9.53 Å². The van der Waals surface area contributed by atoms with E-state index in [1.807, 2.05) is 43.3 Å². The average Bonchev–Trinajstić information content (AvgIpc) is 2.62. The van der Waals surface area contributed by atoms with Crippen LogP contribution in [0, 0.1) is 12.8 Å². The van der Waals surface area contributed by atoms with Crippen LogP contribution in [0.2, 0.25) is 0 Å². The molecule has 0 heterocycles. The summed E-state index contributed by atoms with van der Waals surface area (Å²) < 4.78 is 5.14. The van der Waals surface area contributed by atoms with Gasteiger partial charge in [0.05, 0.1) is 11.6 Å². The van der Waals surface area contributed by atoms with Crippen molar-refractivity contribution in [2.24, 2.45) is 5.92 Å².